The minimum absolute atomic E-state index is 0.00316. The summed E-state index contributed by atoms with van der Waals surface area (Å²) in [6, 6.07) is 6.92. The minimum Gasteiger partial charge on any atom is -0.405 e. The summed E-state index contributed by atoms with van der Waals surface area (Å²) in [5.41, 5.74) is -0.143. The topological polar surface area (TPSA) is 26.3 Å². The summed E-state index contributed by atoms with van der Waals surface area (Å²) in [7, 11) is -1.75. The summed E-state index contributed by atoms with van der Waals surface area (Å²) in [6.45, 7) is 9.86. The van der Waals surface area contributed by atoms with E-state index >= 15 is 0 Å². The minimum atomic E-state index is -1.75. The van der Waals surface area contributed by atoms with Gasteiger partial charge < -0.3 is 4.43 Å². The van der Waals surface area contributed by atoms with Crippen LogP contribution in [0.1, 0.15) is 24.2 Å². The van der Waals surface area contributed by atoms with E-state index in [0.717, 1.165) is 0 Å². The van der Waals surface area contributed by atoms with Gasteiger partial charge in [0.25, 0.3) is 0 Å². The van der Waals surface area contributed by atoms with Crippen LogP contribution in [0.2, 0.25) is 24.7 Å². The Labute approximate surface area is 109 Å². The Morgan fingerprint density at radius 3 is 2.06 bits per heavy atom. The third-order valence-electron chi connectivity index (χ3n) is 2.21. The molecule has 0 saturated carbocycles. The highest BCUT2D eigenvalue weighted by Crippen LogP contribution is 2.23. The Bertz CT molecular complexity index is 404. The number of ketones is 1. The maximum atomic E-state index is 12.3. The van der Waals surface area contributed by atoms with Crippen molar-refractivity contribution in [2.24, 2.45) is 0 Å². The molecule has 94 valence electrons. The second-order valence-electron chi connectivity index (χ2n) is 5.56. The quantitative estimate of drug-likeness (QED) is 0.607. The molecule has 0 fully saturated rings. The summed E-state index contributed by atoms with van der Waals surface area (Å²) in [4.78, 5) is 12.3. The molecule has 0 saturated heterocycles. The fraction of sp³-hybridized carbons (Fsp3) is 0.462. The molecular weight excluding hydrogens is 252 g/mol. The molecule has 0 aliphatic heterocycles. The van der Waals surface area contributed by atoms with Gasteiger partial charge >= 0.3 is 0 Å². The van der Waals surface area contributed by atoms with E-state index in [0.29, 0.717) is 10.6 Å². The normalized spacial score (nSPS) is 12.6. The molecule has 0 amide bonds. The first-order valence-corrected chi connectivity index (χ1v) is 9.41. The molecule has 0 radical (unpaired) electrons. The number of rotatable bonds is 4. The molecule has 0 heterocycles. The van der Waals surface area contributed by atoms with Crippen LogP contribution >= 0.6 is 11.6 Å². The first-order chi connectivity index (χ1) is 7.62. The molecule has 0 spiro atoms. The molecule has 0 aliphatic carbocycles. The van der Waals surface area contributed by atoms with Crippen molar-refractivity contribution in [3.05, 3.63) is 34.9 Å². The number of halogens is 1. The van der Waals surface area contributed by atoms with Gasteiger partial charge in [0, 0.05) is 10.6 Å². The van der Waals surface area contributed by atoms with Gasteiger partial charge in [0.1, 0.15) is 5.60 Å². The highest BCUT2D eigenvalue weighted by Gasteiger charge is 2.34. The zero-order chi connectivity index (χ0) is 13.3. The first-order valence-electron chi connectivity index (χ1n) is 5.62. The van der Waals surface area contributed by atoms with Gasteiger partial charge in [-0.05, 0) is 57.8 Å². The molecule has 0 bridgehead atoms. The predicted molar refractivity (Wildman–Crippen MR) is 74.3 cm³/mol. The number of hydrogen-bond acceptors (Lipinski definition) is 2. The van der Waals surface area contributed by atoms with Crippen molar-refractivity contribution in [1.82, 2.24) is 0 Å². The van der Waals surface area contributed by atoms with Gasteiger partial charge in [-0.3, -0.25) is 4.79 Å². The maximum Gasteiger partial charge on any atom is 0.192 e. The lowest BCUT2D eigenvalue weighted by Gasteiger charge is -2.31. The fourth-order valence-corrected chi connectivity index (χ4v) is 3.51. The van der Waals surface area contributed by atoms with Crippen molar-refractivity contribution in [2.45, 2.75) is 39.1 Å². The van der Waals surface area contributed by atoms with Gasteiger partial charge in [-0.2, -0.15) is 0 Å². The zero-order valence-electron chi connectivity index (χ0n) is 11.0. The largest absolute Gasteiger partial charge is 0.405 e. The second-order valence-corrected chi connectivity index (χ2v) is 10.4. The molecule has 4 heteroatoms. The van der Waals surface area contributed by atoms with Gasteiger partial charge in [-0.25, -0.2) is 0 Å². The number of Topliss-reactive ketones (excluding diaryl/α,β-unsaturated/α-hetero) is 1. The Balaban J connectivity index is 2.92. The molecule has 1 aromatic rings. The average molecular weight is 271 g/mol. The third-order valence-corrected chi connectivity index (χ3v) is 3.59. The smallest absolute Gasteiger partial charge is 0.192 e. The Hall–Kier alpha value is -0.643. The third kappa shape index (κ3) is 4.26. The molecule has 2 nitrogen and oxygen atoms in total. The molecule has 0 atom stereocenters. The molecular formula is C13H19ClO2Si. The maximum absolute atomic E-state index is 12.3. The standard InChI is InChI=1S/C13H19ClO2Si/c1-13(2,16-17(3,4)5)12(15)10-6-8-11(14)9-7-10/h6-9H,1-5H3. The van der Waals surface area contributed by atoms with E-state index in [-0.39, 0.29) is 5.78 Å². The molecule has 0 aromatic heterocycles. The van der Waals surface area contributed by atoms with Crippen molar-refractivity contribution in [1.29, 1.82) is 0 Å². The van der Waals surface area contributed by atoms with Crippen molar-refractivity contribution >= 4 is 25.7 Å². The first kappa shape index (κ1) is 14.4. The summed E-state index contributed by atoms with van der Waals surface area (Å²) in [5.74, 6) is -0.00316. The van der Waals surface area contributed by atoms with Crippen LogP contribution < -0.4 is 0 Å². The lowest BCUT2D eigenvalue weighted by molar-refractivity contribution is 0.0558. The number of benzene rings is 1. The van der Waals surface area contributed by atoms with E-state index in [1.807, 2.05) is 13.8 Å². The molecule has 0 unspecified atom stereocenters. The van der Waals surface area contributed by atoms with Crippen LogP contribution in [0.5, 0.6) is 0 Å². The van der Waals surface area contributed by atoms with Crippen LogP contribution in [0.3, 0.4) is 0 Å². The van der Waals surface area contributed by atoms with Gasteiger partial charge in [0.05, 0.1) is 0 Å². The number of carbonyl (C=O) groups excluding carboxylic acids is 1. The van der Waals surface area contributed by atoms with Crippen molar-refractivity contribution in [3.8, 4) is 0 Å². The molecule has 1 aromatic carbocycles. The predicted octanol–water partition coefficient (Wildman–Crippen LogP) is 4.15. The average Bonchev–Trinajstić information content (AvgIpc) is 2.14. The molecule has 17 heavy (non-hydrogen) atoms. The lowest BCUT2D eigenvalue weighted by Crippen LogP contribution is -2.44. The summed E-state index contributed by atoms with van der Waals surface area (Å²) < 4.78 is 5.93. The van der Waals surface area contributed by atoms with Crippen LogP contribution in [0.15, 0.2) is 24.3 Å². The summed E-state index contributed by atoms with van der Waals surface area (Å²) in [6.07, 6.45) is 0. The van der Waals surface area contributed by atoms with Crippen molar-refractivity contribution in [3.63, 3.8) is 0 Å². The summed E-state index contributed by atoms with van der Waals surface area (Å²) >= 11 is 5.80. The summed E-state index contributed by atoms with van der Waals surface area (Å²) in [5, 5.41) is 0.630. The van der Waals surface area contributed by atoms with Crippen LogP contribution in [0.25, 0.3) is 0 Å². The van der Waals surface area contributed by atoms with Gasteiger partial charge in [-0.15, -0.1) is 0 Å². The van der Waals surface area contributed by atoms with Crippen LogP contribution in [-0.2, 0) is 4.43 Å². The van der Waals surface area contributed by atoms with Crippen LogP contribution in [-0.4, -0.2) is 19.7 Å². The van der Waals surface area contributed by atoms with Crippen LogP contribution in [0, 0.1) is 0 Å². The van der Waals surface area contributed by atoms with Gasteiger partial charge in [0.2, 0.25) is 0 Å². The second kappa shape index (κ2) is 4.92. The monoisotopic (exact) mass is 270 g/mol. The zero-order valence-corrected chi connectivity index (χ0v) is 12.8. The lowest BCUT2D eigenvalue weighted by atomic mass is 9.97. The Kier molecular flexibility index (Phi) is 4.18. The van der Waals surface area contributed by atoms with Crippen LogP contribution in [0.4, 0.5) is 0 Å². The van der Waals surface area contributed by atoms with E-state index in [1.165, 1.54) is 0 Å². The molecule has 1 rings (SSSR count). The highest BCUT2D eigenvalue weighted by atomic mass is 35.5. The molecule has 0 N–H and O–H groups in total. The van der Waals surface area contributed by atoms with Crippen molar-refractivity contribution in [2.75, 3.05) is 0 Å². The molecule has 0 aliphatic rings. The Morgan fingerprint density at radius 2 is 1.65 bits per heavy atom. The van der Waals surface area contributed by atoms with Gasteiger partial charge in [-0.1, -0.05) is 11.6 Å². The highest BCUT2D eigenvalue weighted by molar-refractivity contribution is 6.70. The van der Waals surface area contributed by atoms with Crippen molar-refractivity contribution < 1.29 is 9.22 Å². The number of hydrogen-bond donors (Lipinski definition) is 0. The van der Waals surface area contributed by atoms with E-state index in [1.54, 1.807) is 24.3 Å². The fourth-order valence-electron chi connectivity index (χ4n) is 1.76. The van der Waals surface area contributed by atoms with E-state index < -0.39 is 13.9 Å². The Morgan fingerprint density at radius 1 is 1.18 bits per heavy atom. The van der Waals surface area contributed by atoms with E-state index in [9.17, 15) is 4.79 Å². The van der Waals surface area contributed by atoms with Gasteiger partial charge in [0.15, 0.2) is 14.1 Å². The van der Waals surface area contributed by atoms with E-state index in [4.69, 9.17) is 16.0 Å². The van der Waals surface area contributed by atoms with E-state index in [2.05, 4.69) is 19.6 Å². The SMILES string of the molecule is CC(C)(O[Si](C)(C)C)C(=O)c1ccc(Cl)cc1. The number of carbonyl (C=O) groups is 1.